The largest absolute Gasteiger partial charge is 0.494 e. The molecule has 3 aromatic carbocycles. The summed E-state index contributed by atoms with van der Waals surface area (Å²) in [4.78, 5) is 42.2. The highest BCUT2D eigenvalue weighted by Gasteiger charge is 2.42. The molecule has 0 saturated heterocycles. The van der Waals surface area contributed by atoms with E-state index in [0.29, 0.717) is 41.7 Å². The lowest BCUT2D eigenvalue weighted by Crippen LogP contribution is -2.48. The van der Waals surface area contributed by atoms with Gasteiger partial charge in [0.1, 0.15) is 23.3 Å². The molecule has 1 aliphatic heterocycles. The number of nitrogens with zero attached hydrogens (tertiary/aromatic N) is 5. The molecule has 2 atom stereocenters. The summed E-state index contributed by atoms with van der Waals surface area (Å²) in [6.45, 7) is 10.3. The molecule has 3 aromatic heterocycles. The molecule has 9 nitrogen and oxygen atoms in total. The number of carboxylic acids is 1. The summed E-state index contributed by atoms with van der Waals surface area (Å²) in [6.07, 6.45) is 4.19. The number of para-hydroxylation sites is 2. The minimum atomic E-state index is -1.08. The first-order chi connectivity index (χ1) is 24.0. The summed E-state index contributed by atoms with van der Waals surface area (Å²) >= 11 is 13.7. The Hall–Kier alpha value is -4.99. The number of aromatic nitrogens is 4. The Morgan fingerprint density at radius 2 is 1.64 bits per heavy atom. The topological polar surface area (TPSA) is 110 Å². The quantitative estimate of drug-likeness (QED) is 0.0955. The van der Waals surface area contributed by atoms with E-state index in [1.807, 2.05) is 65.0 Å². The van der Waals surface area contributed by atoms with Gasteiger partial charge in [0, 0.05) is 44.5 Å². The Labute approximate surface area is 299 Å². The molecule has 4 heterocycles. The number of benzene rings is 3. The van der Waals surface area contributed by atoms with Crippen LogP contribution < -0.4 is 9.64 Å². The van der Waals surface area contributed by atoms with Gasteiger partial charge in [0.15, 0.2) is 0 Å². The van der Waals surface area contributed by atoms with E-state index in [0.717, 1.165) is 60.9 Å². The number of ether oxygens (including phenoxy) is 1. The van der Waals surface area contributed by atoms with Crippen molar-refractivity contribution in [1.82, 2.24) is 19.5 Å². The van der Waals surface area contributed by atoms with E-state index < -0.39 is 11.5 Å². The van der Waals surface area contributed by atoms with Gasteiger partial charge in [0.05, 0.1) is 34.9 Å². The zero-order valence-electron chi connectivity index (χ0n) is 28.3. The van der Waals surface area contributed by atoms with Crippen molar-refractivity contribution >= 4 is 62.6 Å². The number of halogens is 2. The molecule has 50 heavy (non-hydrogen) atoms. The molecule has 1 unspecified atom stereocenters. The normalized spacial score (nSPS) is 15.9. The first kappa shape index (κ1) is 33.5. The number of alkyl halides is 1. The van der Waals surface area contributed by atoms with Crippen molar-refractivity contribution in [1.29, 1.82) is 0 Å². The molecule has 0 fully saturated rings. The van der Waals surface area contributed by atoms with Crippen LogP contribution >= 0.6 is 23.2 Å². The third-order valence-electron chi connectivity index (χ3n) is 9.59. The number of aryl methyl sites for hydroxylation is 5. The summed E-state index contributed by atoms with van der Waals surface area (Å²) in [5.41, 5.74) is 7.81. The zero-order valence-corrected chi connectivity index (χ0v) is 29.8. The van der Waals surface area contributed by atoms with Crippen LogP contribution in [0.25, 0.3) is 32.9 Å². The summed E-state index contributed by atoms with van der Waals surface area (Å²) in [7, 11) is 0. The van der Waals surface area contributed by atoms with Crippen molar-refractivity contribution in [3.05, 3.63) is 111 Å². The van der Waals surface area contributed by atoms with E-state index in [4.69, 9.17) is 27.9 Å². The molecule has 0 bridgehead atoms. The SMILES string of the molecule is Cc1cc(OCCCc2c3n(c4c(-c5c(C)ncnc5C)cccc24)[C@H](C)C(Cl)N(c2cccc4c(C(=O)O)ccnc24)C3=O)cc(C)c1Cl. The van der Waals surface area contributed by atoms with Gasteiger partial charge in [0.2, 0.25) is 0 Å². The second-order valence-electron chi connectivity index (χ2n) is 12.8. The van der Waals surface area contributed by atoms with Crippen molar-refractivity contribution in [2.75, 3.05) is 11.5 Å². The molecular weight excluding hydrogens is 673 g/mol. The Balaban J connectivity index is 1.38. The Bertz CT molecular complexity index is 2310. The van der Waals surface area contributed by atoms with Crippen LogP contribution in [0, 0.1) is 27.7 Å². The van der Waals surface area contributed by atoms with Gasteiger partial charge in [-0.2, -0.15) is 0 Å². The predicted octanol–water partition coefficient (Wildman–Crippen LogP) is 9.03. The monoisotopic (exact) mass is 707 g/mol. The van der Waals surface area contributed by atoms with Crippen molar-refractivity contribution in [3.8, 4) is 16.9 Å². The molecule has 0 saturated carbocycles. The summed E-state index contributed by atoms with van der Waals surface area (Å²) in [5, 5.41) is 12.0. The molecule has 7 rings (SSSR count). The number of amides is 1. The van der Waals surface area contributed by atoms with Crippen LogP contribution in [0.15, 0.2) is 67.1 Å². The molecule has 0 aliphatic carbocycles. The fourth-order valence-corrected chi connectivity index (χ4v) is 7.70. The van der Waals surface area contributed by atoms with Gasteiger partial charge in [-0.1, -0.05) is 53.5 Å². The van der Waals surface area contributed by atoms with E-state index in [9.17, 15) is 14.7 Å². The lowest BCUT2D eigenvalue weighted by atomic mass is 9.98. The molecule has 1 amide bonds. The fourth-order valence-electron chi connectivity index (χ4n) is 7.29. The van der Waals surface area contributed by atoms with Gasteiger partial charge >= 0.3 is 5.97 Å². The van der Waals surface area contributed by atoms with Crippen molar-refractivity contribution < 1.29 is 19.4 Å². The standard InChI is InChI=1S/C39H35Cl2N5O4/c1-20-17-25(18-21(2)33(20)40)50-16-8-12-28-27-10-6-11-30(32-22(3)43-19-44-23(32)4)35(27)45-24(5)37(41)46(38(47)36(28)45)31-13-7-9-26-29(39(48)49)14-15-42-34(26)31/h6-7,9-11,13-15,17-19,24,37H,8,12,16H2,1-5H3,(H,48,49)/t24-,37?/m1/s1. The summed E-state index contributed by atoms with van der Waals surface area (Å²) < 4.78 is 8.25. The number of rotatable bonds is 8. The van der Waals surface area contributed by atoms with Gasteiger partial charge in [-0.05, 0) is 88.4 Å². The van der Waals surface area contributed by atoms with Gasteiger partial charge in [0.25, 0.3) is 5.91 Å². The lowest BCUT2D eigenvalue weighted by Gasteiger charge is -2.38. The van der Waals surface area contributed by atoms with E-state index in [-0.39, 0.29) is 17.5 Å². The summed E-state index contributed by atoms with van der Waals surface area (Å²) in [6, 6.07) is 16.2. The van der Waals surface area contributed by atoms with Crippen LogP contribution in [0.5, 0.6) is 5.75 Å². The van der Waals surface area contributed by atoms with Crippen molar-refractivity contribution in [2.24, 2.45) is 0 Å². The average molecular weight is 709 g/mol. The maximum atomic E-state index is 15.0. The second-order valence-corrected chi connectivity index (χ2v) is 13.6. The van der Waals surface area contributed by atoms with Crippen LogP contribution in [-0.4, -0.2) is 48.6 Å². The van der Waals surface area contributed by atoms with Crippen molar-refractivity contribution in [3.63, 3.8) is 0 Å². The highest BCUT2D eigenvalue weighted by molar-refractivity contribution is 6.32. The van der Waals surface area contributed by atoms with Gasteiger partial charge < -0.3 is 14.4 Å². The smallest absolute Gasteiger partial charge is 0.336 e. The van der Waals surface area contributed by atoms with Crippen molar-refractivity contribution in [2.45, 2.75) is 59.0 Å². The Kier molecular flexibility index (Phi) is 8.74. The maximum absolute atomic E-state index is 15.0. The van der Waals surface area contributed by atoms with Gasteiger partial charge in [-0.25, -0.2) is 14.8 Å². The molecule has 6 aromatic rings. The third-order valence-corrected chi connectivity index (χ3v) is 10.7. The lowest BCUT2D eigenvalue weighted by molar-refractivity contribution is 0.0698. The number of carbonyl (C=O) groups is 2. The first-order valence-corrected chi connectivity index (χ1v) is 17.2. The Morgan fingerprint density at radius 1 is 0.960 bits per heavy atom. The molecule has 11 heteroatoms. The number of anilines is 1. The number of carbonyl (C=O) groups excluding carboxylic acids is 1. The number of carboxylic acid groups (broad SMARTS) is 1. The van der Waals surface area contributed by atoms with E-state index in [1.165, 1.54) is 12.3 Å². The predicted molar refractivity (Wildman–Crippen MR) is 197 cm³/mol. The highest BCUT2D eigenvalue weighted by Crippen LogP contribution is 2.45. The Morgan fingerprint density at radius 3 is 2.34 bits per heavy atom. The van der Waals surface area contributed by atoms with Crippen LogP contribution in [0.3, 0.4) is 0 Å². The van der Waals surface area contributed by atoms with Crippen LogP contribution in [0.1, 0.15) is 68.3 Å². The van der Waals surface area contributed by atoms with E-state index in [2.05, 4.69) is 19.5 Å². The minimum absolute atomic E-state index is 0.0989. The fraction of sp³-hybridized carbons (Fsp3) is 0.256. The average Bonchev–Trinajstić information content (AvgIpc) is 3.43. The first-order valence-electron chi connectivity index (χ1n) is 16.4. The van der Waals surface area contributed by atoms with Crippen LogP contribution in [0.4, 0.5) is 5.69 Å². The van der Waals surface area contributed by atoms with Gasteiger partial charge in [-0.15, -0.1) is 0 Å². The van der Waals surface area contributed by atoms with E-state index >= 15 is 0 Å². The third kappa shape index (κ3) is 5.45. The minimum Gasteiger partial charge on any atom is -0.494 e. The summed E-state index contributed by atoms with van der Waals surface area (Å²) in [5.74, 6) is -0.625. The molecule has 1 aliphatic rings. The van der Waals surface area contributed by atoms with Gasteiger partial charge in [-0.3, -0.25) is 14.7 Å². The maximum Gasteiger partial charge on any atom is 0.336 e. The molecule has 0 radical (unpaired) electrons. The molecule has 1 N–H and O–H groups in total. The zero-order chi connectivity index (χ0) is 35.4. The highest BCUT2D eigenvalue weighted by atomic mass is 35.5. The number of hydrogen-bond donors (Lipinski definition) is 1. The number of fused-ring (bicyclic) bond motifs is 4. The number of aromatic carboxylic acids is 1. The second kappa shape index (κ2) is 13.0. The molecule has 0 spiro atoms. The number of pyridine rings is 1. The molecule has 254 valence electrons. The van der Waals surface area contributed by atoms with E-state index in [1.54, 1.807) is 29.4 Å². The number of hydrogen-bond acceptors (Lipinski definition) is 6. The molecular formula is C39H35Cl2N5O4. The van der Waals surface area contributed by atoms with Crippen LogP contribution in [0.2, 0.25) is 5.02 Å². The van der Waals surface area contributed by atoms with Crippen LogP contribution in [-0.2, 0) is 6.42 Å².